The molecule has 2 N–H and O–H groups in total. The number of carbonyl (C=O) groups excluding carboxylic acids is 3. The van der Waals surface area contributed by atoms with Gasteiger partial charge in [-0.2, -0.15) is 0 Å². The van der Waals surface area contributed by atoms with Gasteiger partial charge in [0.25, 0.3) is 5.91 Å². The number of carbonyl (C=O) groups is 3. The maximum atomic E-state index is 13.2. The number of ether oxygens (including phenoxy) is 1. The highest BCUT2D eigenvalue weighted by molar-refractivity contribution is 6.10. The molecule has 1 aliphatic rings. The Morgan fingerprint density at radius 2 is 1.65 bits per heavy atom. The van der Waals surface area contributed by atoms with Crippen LogP contribution in [0.1, 0.15) is 31.4 Å². The van der Waals surface area contributed by atoms with Crippen LogP contribution < -0.4 is 15.4 Å². The van der Waals surface area contributed by atoms with Crippen molar-refractivity contribution in [2.24, 2.45) is 0 Å². The van der Waals surface area contributed by atoms with Crippen LogP contribution in [0, 0.1) is 0 Å². The van der Waals surface area contributed by atoms with Gasteiger partial charge in [-0.05, 0) is 48.7 Å². The van der Waals surface area contributed by atoms with Crippen molar-refractivity contribution in [2.45, 2.75) is 32.2 Å². The van der Waals surface area contributed by atoms with Gasteiger partial charge in [0.2, 0.25) is 5.91 Å². The molecular formula is C27H27N3O4. The van der Waals surface area contributed by atoms with E-state index >= 15 is 0 Å². The number of aryl methyl sites for hydroxylation is 1. The van der Waals surface area contributed by atoms with Gasteiger partial charge in [-0.25, -0.2) is 4.79 Å². The van der Waals surface area contributed by atoms with E-state index in [2.05, 4.69) is 17.6 Å². The fourth-order valence-electron chi connectivity index (χ4n) is 3.94. The molecule has 0 spiro atoms. The van der Waals surface area contributed by atoms with E-state index in [-0.39, 0.29) is 0 Å². The third-order valence-corrected chi connectivity index (χ3v) is 5.78. The third-order valence-electron chi connectivity index (χ3n) is 5.78. The Morgan fingerprint density at radius 3 is 2.35 bits per heavy atom. The molecule has 7 heteroatoms. The van der Waals surface area contributed by atoms with Crippen molar-refractivity contribution < 1.29 is 19.1 Å². The largest absolute Gasteiger partial charge is 0.455 e. The van der Waals surface area contributed by atoms with Crippen LogP contribution in [0.5, 0.6) is 11.5 Å². The van der Waals surface area contributed by atoms with Crippen molar-refractivity contribution in [2.75, 3.05) is 11.9 Å². The van der Waals surface area contributed by atoms with Crippen LogP contribution in [-0.4, -0.2) is 29.3 Å². The highest BCUT2D eigenvalue weighted by atomic mass is 16.5. The minimum atomic E-state index is -1.23. The summed E-state index contributed by atoms with van der Waals surface area (Å²) in [7, 11) is 0. The van der Waals surface area contributed by atoms with Crippen molar-refractivity contribution in [1.82, 2.24) is 10.2 Å². The molecule has 1 fully saturated rings. The molecule has 7 nitrogen and oxygen atoms in total. The van der Waals surface area contributed by atoms with Crippen LogP contribution >= 0.6 is 0 Å². The molecule has 0 aromatic heterocycles. The van der Waals surface area contributed by atoms with Gasteiger partial charge in [-0.15, -0.1) is 0 Å². The van der Waals surface area contributed by atoms with Crippen LogP contribution in [-0.2, 0) is 21.5 Å². The van der Waals surface area contributed by atoms with Crippen molar-refractivity contribution in [1.29, 1.82) is 0 Å². The lowest BCUT2D eigenvalue weighted by Gasteiger charge is -2.22. The molecule has 1 atom stereocenters. The summed E-state index contributed by atoms with van der Waals surface area (Å²) >= 11 is 0. The summed E-state index contributed by atoms with van der Waals surface area (Å²) in [6.07, 6.45) is 1.97. The summed E-state index contributed by atoms with van der Waals surface area (Å²) in [4.78, 5) is 39.5. The number of rotatable bonds is 8. The number of imide groups is 1. The highest BCUT2D eigenvalue weighted by Gasteiger charge is 2.49. The van der Waals surface area contributed by atoms with Crippen molar-refractivity contribution in [3.63, 3.8) is 0 Å². The highest BCUT2D eigenvalue weighted by Crippen LogP contribution is 2.31. The standard InChI is InChI=1S/C27H27N3O4/c1-3-9-19-14-16-20(17-15-19)27(2)25(32)30(26(33)29-27)18-24(31)28-22-12-7-8-13-23(22)34-21-10-5-4-6-11-21/h4-8,10-17H,3,9,18H2,1-2H3,(H,28,31)(H,29,33). The molecule has 0 aliphatic carbocycles. The van der Waals surface area contributed by atoms with Crippen LogP contribution in [0.25, 0.3) is 0 Å². The van der Waals surface area contributed by atoms with Gasteiger partial charge < -0.3 is 15.4 Å². The molecule has 174 valence electrons. The van der Waals surface area contributed by atoms with Gasteiger partial charge in [0.1, 0.15) is 17.8 Å². The number of nitrogens with zero attached hydrogens (tertiary/aromatic N) is 1. The Kier molecular flexibility index (Phi) is 6.63. The molecule has 1 unspecified atom stereocenters. The molecular weight excluding hydrogens is 430 g/mol. The Bertz CT molecular complexity index is 1190. The van der Waals surface area contributed by atoms with Gasteiger partial charge >= 0.3 is 6.03 Å². The minimum Gasteiger partial charge on any atom is -0.455 e. The summed E-state index contributed by atoms with van der Waals surface area (Å²) in [5, 5.41) is 5.49. The zero-order chi connectivity index (χ0) is 24.1. The topological polar surface area (TPSA) is 87.7 Å². The SMILES string of the molecule is CCCc1ccc(C2(C)NC(=O)N(CC(=O)Nc3ccccc3Oc3ccccc3)C2=O)cc1. The average molecular weight is 458 g/mol. The van der Waals surface area contributed by atoms with Crippen molar-refractivity contribution >= 4 is 23.5 Å². The Balaban J connectivity index is 1.46. The van der Waals surface area contributed by atoms with E-state index in [1.54, 1.807) is 31.2 Å². The van der Waals surface area contributed by atoms with Crippen molar-refractivity contribution in [3.05, 3.63) is 90.0 Å². The molecule has 0 bridgehead atoms. The number of nitrogens with one attached hydrogen (secondary N) is 2. The summed E-state index contributed by atoms with van der Waals surface area (Å²) < 4.78 is 5.87. The number of hydrogen-bond acceptors (Lipinski definition) is 4. The zero-order valence-electron chi connectivity index (χ0n) is 19.2. The Hall–Kier alpha value is -4.13. The molecule has 1 heterocycles. The summed E-state index contributed by atoms with van der Waals surface area (Å²) in [5.74, 6) is 0.107. The molecule has 4 rings (SSSR count). The minimum absolute atomic E-state index is 0.409. The normalized spacial score (nSPS) is 17.4. The van der Waals surface area contributed by atoms with E-state index in [1.165, 1.54) is 5.56 Å². The maximum absolute atomic E-state index is 13.2. The molecule has 1 saturated heterocycles. The zero-order valence-corrected chi connectivity index (χ0v) is 19.2. The van der Waals surface area contributed by atoms with Crippen LogP contribution in [0.2, 0.25) is 0 Å². The number of urea groups is 1. The van der Waals surface area contributed by atoms with Gasteiger partial charge in [-0.1, -0.05) is 67.9 Å². The molecule has 1 aliphatic heterocycles. The van der Waals surface area contributed by atoms with E-state index in [1.807, 2.05) is 54.6 Å². The number of benzene rings is 3. The van der Waals surface area contributed by atoms with Gasteiger partial charge in [0.15, 0.2) is 5.75 Å². The lowest BCUT2D eigenvalue weighted by molar-refractivity contribution is -0.133. The van der Waals surface area contributed by atoms with E-state index in [9.17, 15) is 14.4 Å². The molecule has 0 radical (unpaired) electrons. The molecule has 3 aromatic carbocycles. The van der Waals surface area contributed by atoms with Gasteiger partial charge in [0.05, 0.1) is 5.69 Å². The Labute approximate surface area is 198 Å². The quantitative estimate of drug-likeness (QED) is 0.474. The molecule has 34 heavy (non-hydrogen) atoms. The summed E-state index contributed by atoms with van der Waals surface area (Å²) in [5.41, 5.74) is 1.06. The lowest BCUT2D eigenvalue weighted by Crippen LogP contribution is -2.42. The van der Waals surface area contributed by atoms with E-state index in [4.69, 9.17) is 4.74 Å². The second kappa shape index (κ2) is 9.79. The maximum Gasteiger partial charge on any atom is 0.325 e. The first-order chi connectivity index (χ1) is 16.4. The fourth-order valence-corrected chi connectivity index (χ4v) is 3.94. The van der Waals surface area contributed by atoms with E-state index < -0.39 is 29.9 Å². The number of para-hydroxylation sites is 3. The molecule has 3 aromatic rings. The Morgan fingerprint density at radius 1 is 0.971 bits per heavy atom. The fraction of sp³-hybridized carbons (Fsp3) is 0.222. The first-order valence-electron chi connectivity index (χ1n) is 11.3. The van der Waals surface area contributed by atoms with Crippen LogP contribution in [0.4, 0.5) is 10.5 Å². The first-order valence-corrected chi connectivity index (χ1v) is 11.3. The second-order valence-electron chi connectivity index (χ2n) is 8.35. The molecule has 0 saturated carbocycles. The third kappa shape index (κ3) is 4.78. The predicted molar refractivity (Wildman–Crippen MR) is 130 cm³/mol. The number of amides is 4. The average Bonchev–Trinajstić information content (AvgIpc) is 3.05. The van der Waals surface area contributed by atoms with Crippen LogP contribution in [0.15, 0.2) is 78.9 Å². The second-order valence-corrected chi connectivity index (χ2v) is 8.35. The lowest BCUT2D eigenvalue weighted by atomic mass is 9.91. The summed E-state index contributed by atoms with van der Waals surface area (Å²) in [6.45, 7) is 3.35. The predicted octanol–water partition coefficient (Wildman–Crippen LogP) is 4.84. The number of hydrogen-bond donors (Lipinski definition) is 2. The van der Waals surface area contributed by atoms with E-state index in [0.29, 0.717) is 22.7 Å². The van der Waals surface area contributed by atoms with Gasteiger partial charge in [-0.3, -0.25) is 14.5 Å². The van der Waals surface area contributed by atoms with Crippen LogP contribution in [0.3, 0.4) is 0 Å². The van der Waals surface area contributed by atoms with Crippen molar-refractivity contribution in [3.8, 4) is 11.5 Å². The first kappa shape index (κ1) is 23.0. The smallest absolute Gasteiger partial charge is 0.325 e. The monoisotopic (exact) mass is 457 g/mol. The van der Waals surface area contributed by atoms with Gasteiger partial charge in [0, 0.05) is 0 Å². The number of anilines is 1. The summed E-state index contributed by atoms with van der Waals surface area (Å²) in [6, 6.07) is 23.2. The molecule has 4 amide bonds. The van der Waals surface area contributed by atoms with E-state index in [0.717, 1.165) is 17.7 Å².